The number of fused-ring (bicyclic) bond motifs is 1. The molecule has 1 amide bonds. The van der Waals surface area contributed by atoms with Crippen molar-refractivity contribution in [2.24, 2.45) is 0 Å². The number of nitro benzene ring substituents is 1. The summed E-state index contributed by atoms with van der Waals surface area (Å²) in [6, 6.07) is 15.1. The number of nitro groups is 1. The van der Waals surface area contributed by atoms with E-state index in [9.17, 15) is 19.7 Å². The second kappa shape index (κ2) is 10.3. The minimum atomic E-state index is -1.04. The average Bonchev–Trinajstić information content (AvgIpc) is 3.32. The van der Waals surface area contributed by atoms with E-state index in [1.807, 2.05) is 0 Å². The van der Waals surface area contributed by atoms with Crippen molar-refractivity contribution in [2.75, 3.05) is 6.79 Å². The van der Waals surface area contributed by atoms with E-state index in [-0.39, 0.29) is 41.1 Å². The van der Waals surface area contributed by atoms with Gasteiger partial charge in [0.05, 0.1) is 10.5 Å². The van der Waals surface area contributed by atoms with E-state index in [1.54, 1.807) is 18.2 Å². The first kappa shape index (κ1) is 23.8. The van der Waals surface area contributed by atoms with Crippen LogP contribution in [-0.2, 0) is 16.1 Å². The first-order valence-corrected chi connectivity index (χ1v) is 10.8. The van der Waals surface area contributed by atoms with Crippen LogP contribution in [0.1, 0.15) is 22.8 Å². The van der Waals surface area contributed by atoms with Gasteiger partial charge >= 0.3 is 11.7 Å². The Bertz CT molecular complexity index is 1280. The van der Waals surface area contributed by atoms with E-state index in [4.69, 9.17) is 30.5 Å². The number of rotatable bonds is 8. The third kappa shape index (κ3) is 5.79. The van der Waals surface area contributed by atoms with Crippen LogP contribution in [0.25, 0.3) is 0 Å². The highest BCUT2D eigenvalue weighted by atomic mass is 35.5. The summed E-state index contributed by atoms with van der Waals surface area (Å²) in [6.07, 6.45) is -1.04. The van der Waals surface area contributed by atoms with Crippen molar-refractivity contribution in [3.63, 3.8) is 0 Å². The zero-order valence-electron chi connectivity index (χ0n) is 18.4. The predicted molar refractivity (Wildman–Crippen MR) is 124 cm³/mol. The largest absolute Gasteiger partial charge is 0.454 e. The van der Waals surface area contributed by atoms with Gasteiger partial charge in [0.2, 0.25) is 12.5 Å². The quantitative estimate of drug-likeness (QED) is 0.270. The van der Waals surface area contributed by atoms with E-state index in [2.05, 4.69) is 5.32 Å². The molecule has 10 nitrogen and oxygen atoms in total. The van der Waals surface area contributed by atoms with Gasteiger partial charge in [0.25, 0.3) is 5.91 Å². The summed E-state index contributed by atoms with van der Waals surface area (Å²) in [6.45, 7) is 1.84. The maximum absolute atomic E-state index is 12.4. The highest BCUT2D eigenvalue weighted by Crippen LogP contribution is 2.34. The number of carbonyl (C=O) groups excluding carboxylic acids is 2. The first-order chi connectivity index (χ1) is 16.8. The van der Waals surface area contributed by atoms with Crippen molar-refractivity contribution in [2.45, 2.75) is 19.6 Å². The Kier molecular flexibility index (Phi) is 7.02. The molecule has 1 atom stereocenters. The van der Waals surface area contributed by atoms with E-state index in [1.165, 1.54) is 49.4 Å². The smallest absolute Gasteiger partial charge is 0.338 e. The number of carbonyl (C=O) groups is 2. The van der Waals surface area contributed by atoms with Crippen LogP contribution in [0.3, 0.4) is 0 Å². The number of amides is 1. The van der Waals surface area contributed by atoms with Gasteiger partial charge in [-0.2, -0.15) is 0 Å². The molecule has 3 aromatic carbocycles. The number of halogens is 1. The third-order valence-corrected chi connectivity index (χ3v) is 5.23. The van der Waals surface area contributed by atoms with Crippen LogP contribution in [0, 0.1) is 10.1 Å². The molecule has 0 radical (unpaired) electrons. The van der Waals surface area contributed by atoms with Crippen molar-refractivity contribution in [3.05, 3.63) is 86.9 Å². The SMILES string of the molecule is C[C@@H](OC(=O)c1ccc(Oc2ccc(Cl)cc2[N+](=O)[O-])cc1)C(=O)NCc1ccc2c(c1)OCO2. The second-order valence-corrected chi connectivity index (χ2v) is 7.88. The summed E-state index contributed by atoms with van der Waals surface area (Å²) < 4.78 is 21.4. The Morgan fingerprint density at radius 3 is 2.57 bits per heavy atom. The molecule has 11 heteroatoms. The number of ether oxygens (including phenoxy) is 4. The highest BCUT2D eigenvalue weighted by Gasteiger charge is 2.20. The highest BCUT2D eigenvalue weighted by molar-refractivity contribution is 6.30. The lowest BCUT2D eigenvalue weighted by Gasteiger charge is -2.14. The lowest BCUT2D eigenvalue weighted by Crippen LogP contribution is -2.35. The van der Waals surface area contributed by atoms with Gasteiger partial charge in [0.15, 0.2) is 17.6 Å². The number of hydrogen-bond acceptors (Lipinski definition) is 8. The lowest BCUT2D eigenvalue weighted by molar-refractivity contribution is -0.385. The molecule has 0 fully saturated rings. The van der Waals surface area contributed by atoms with Crippen LogP contribution in [0.5, 0.6) is 23.0 Å². The fourth-order valence-corrected chi connectivity index (χ4v) is 3.34. The fourth-order valence-electron chi connectivity index (χ4n) is 3.17. The summed E-state index contributed by atoms with van der Waals surface area (Å²) in [5, 5.41) is 14.1. The molecule has 1 aliphatic rings. The molecular weight excluding hydrogens is 480 g/mol. The first-order valence-electron chi connectivity index (χ1n) is 10.4. The molecule has 0 aromatic heterocycles. The standard InChI is InChI=1S/C24H19ClN2O8/c1-14(23(28)26-12-15-2-8-21-22(10-15)33-13-32-21)34-24(29)16-3-6-18(7-4-16)35-20-9-5-17(25)11-19(20)27(30)31/h2-11,14H,12-13H2,1H3,(H,26,28)/t14-/m1/s1. The lowest BCUT2D eigenvalue weighted by atomic mass is 10.2. The number of nitrogens with one attached hydrogen (secondary N) is 1. The molecule has 0 spiro atoms. The van der Waals surface area contributed by atoms with Gasteiger partial charge in [0, 0.05) is 17.6 Å². The number of hydrogen-bond donors (Lipinski definition) is 1. The van der Waals surface area contributed by atoms with Gasteiger partial charge in [-0.25, -0.2) is 4.79 Å². The number of nitrogens with zero attached hydrogens (tertiary/aromatic N) is 1. The summed E-state index contributed by atoms with van der Waals surface area (Å²) in [5.41, 5.74) is 0.692. The average molecular weight is 499 g/mol. The molecule has 4 rings (SSSR count). The predicted octanol–water partition coefficient (Wildman–Crippen LogP) is 4.63. The molecular formula is C24H19ClN2O8. The zero-order chi connectivity index (χ0) is 24.9. The monoisotopic (exact) mass is 498 g/mol. The van der Waals surface area contributed by atoms with Gasteiger partial charge in [-0.1, -0.05) is 17.7 Å². The van der Waals surface area contributed by atoms with Crippen LogP contribution in [0.4, 0.5) is 5.69 Å². The second-order valence-electron chi connectivity index (χ2n) is 7.45. The van der Waals surface area contributed by atoms with Gasteiger partial charge < -0.3 is 24.3 Å². The third-order valence-electron chi connectivity index (χ3n) is 4.99. The van der Waals surface area contributed by atoms with Crippen molar-refractivity contribution in [3.8, 4) is 23.0 Å². The van der Waals surface area contributed by atoms with Crippen LogP contribution >= 0.6 is 11.6 Å². The number of esters is 1. The van der Waals surface area contributed by atoms with Crippen molar-refractivity contribution >= 4 is 29.2 Å². The molecule has 180 valence electrons. The Morgan fingerprint density at radius 2 is 1.83 bits per heavy atom. The molecule has 3 aromatic rings. The Balaban J connectivity index is 1.31. The Hall–Kier alpha value is -4.31. The minimum Gasteiger partial charge on any atom is -0.454 e. The summed E-state index contributed by atoms with van der Waals surface area (Å²) >= 11 is 5.80. The van der Waals surface area contributed by atoms with E-state index < -0.39 is 22.9 Å². The molecule has 0 saturated carbocycles. The summed E-state index contributed by atoms with van der Waals surface area (Å²) in [4.78, 5) is 35.4. The Morgan fingerprint density at radius 1 is 1.09 bits per heavy atom. The van der Waals surface area contributed by atoms with Gasteiger partial charge in [-0.05, 0) is 61.0 Å². The van der Waals surface area contributed by atoms with Crippen molar-refractivity contribution < 1.29 is 33.5 Å². The molecule has 0 aliphatic carbocycles. The van der Waals surface area contributed by atoms with E-state index in [0.717, 1.165) is 5.56 Å². The van der Waals surface area contributed by atoms with Crippen molar-refractivity contribution in [1.29, 1.82) is 0 Å². The Labute approximate surface area is 204 Å². The molecule has 35 heavy (non-hydrogen) atoms. The molecule has 1 aliphatic heterocycles. The van der Waals surface area contributed by atoms with E-state index >= 15 is 0 Å². The molecule has 0 saturated heterocycles. The maximum Gasteiger partial charge on any atom is 0.338 e. The maximum atomic E-state index is 12.4. The normalized spacial score (nSPS) is 12.5. The zero-order valence-corrected chi connectivity index (χ0v) is 19.1. The van der Waals surface area contributed by atoms with E-state index in [0.29, 0.717) is 11.5 Å². The van der Waals surface area contributed by atoms with Gasteiger partial charge in [-0.3, -0.25) is 14.9 Å². The van der Waals surface area contributed by atoms with Crippen LogP contribution in [0.2, 0.25) is 5.02 Å². The minimum absolute atomic E-state index is 0.00230. The van der Waals surface area contributed by atoms with Gasteiger partial charge in [-0.15, -0.1) is 0 Å². The van der Waals surface area contributed by atoms with Crippen LogP contribution < -0.4 is 19.5 Å². The summed E-state index contributed by atoms with van der Waals surface area (Å²) in [7, 11) is 0. The fraction of sp³-hybridized carbons (Fsp3) is 0.167. The molecule has 1 N–H and O–H groups in total. The van der Waals surface area contributed by atoms with Gasteiger partial charge in [0.1, 0.15) is 5.75 Å². The number of benzene rings is 3. The molecule has 1 heterocycles. The topological polar surface area (TPSA) is 126 Å². The van der Waals surface area contributed by atoms with Crippen LogP contribution in [-0.4, -0.2) is 29.7 Å². The van der Waals surface area contributed by atoms with Crippen LogP contribution in [0.15, 0.2) is 60.7 Å². The molecule has 0 unspecified atom stereocenters. The van der Waals surface area contributed by atoms with Crippen molar-refractivity contribution in [1.82, 2.24) is 5.32 Å². The summed E-state index contributed by atoms with van der Waals surface area (Å²) in [5.74, 6) is 0.342. The molecule has 0 bridgehead atoms.